The summed E-state index contributed by atoms with van der Waals surface area (Å²) >= 11 is 0. The molecule has 0 bridgehead atoms. The number of amides is 1. The summed E-state index contributed by atoms with van der Waals surface area (Å²) in [5.41, 5.74) is 1.27. The fraction of sp³-hybridized carbons (Fsp3) is 0.667. The molecule has 2 aliphatic heterocycles. The quantitative estimate of drug-likeness (QED) is 0.320. The summed E-state index contributed by atoms with van der Waals surface area (Å²) in [4.78, 5) is 19.1. The van der Waals surface area contributed by atoms with E-state index in [-0.39, 0.29) is 11.8 Å². The summed E-state index contributed by atoms with van der Waals surface area (Å²) in [6.07, 6.45) is 4.79. The van der Waals surface area contributed by atoms with E-state index in [1.54, 1.807) is 0 Å². The molecule has 0 aromatic heterocycles. The molecule has 2 fully saturated rings. The van der Waals surface area contributed by atoms with E-state index in [0.29, 0.717) is 19.1 Å². The number of benzene rings is 1. The highest BCUT2D eigenvalue weighted by Gasteiger charge is 2.29. The lowest BCUT2D eigenvalue weighted by molar-refractivity contribution is -0.127. The molecule has 7 nitrogen and oxygen atoms in total. The number of hydrogen-bond donors (Lipinski definition) is 2. The zero-order valence-corrected chi connectivity index (χ0v) is 18.9. The van der Waals surface area contributed by atoms with Crippen LogP contribution in [-0.4, -0.2) is 75.4 Å². The van der Waals surface area contributed by atoms with Crippen molar-refractivity contribution in [3.63, 3.8) is 0 Å². The molecule has 31 heavy (non-hydrogen) atoms. The topological polar surface area (TPSA) is 75.2 Å². The van der Waals surface area contributed by atoms with Crippen LogP contribution in [0.1, 0.15) is 38.2 Å². The first-order valence-electron chi connectivity index (χ1n) is 11.8. The fourth-order valence-corrected chi connectivity index (χ4v) is 4.03. The lowest BCUT2D eigenvalue weighted by atomic mass is 10.1. The van der Waals surface area contributed by atoms with Gasteiger partial charge in [0.1, 0.15) is 0 Å². The zero-order chi connectivity index (χ0) is 21.7. The molecule has 1 atom stereocenters. The van der Waals surface area contributed by atoms with Gasteiger partial charge in [0.25, 0.3) is 0 Å². The van der Waals surface area contributed by atoms with Crippen LogP contribution in [0.15, 0.2) is 35.3 Å². The van der Waals surface area contributed by atoms with E-state index in [1.165, 1.54) is 5.56 Å². The Morgan fingerprint density at radius 2 is 2.03 bits per heavy atom. The standard InChI is InChI=1S/C24H38N4O3/c1-2-25-24(26-12-6-14-31-22-10-15-30-16-11-22)27-18-21-17-23(29)28(19-21)13-9-20-7-4-3-5-8-20/h3-5,7-8,21-22H,2,6,9-19H2,1H3,(H2,25,26,27). The Morgan fingerprint density at radius 3 is 2.81 bits per heavy atom. The van der Waals surface area contributed by atoms with Crippen molar-refractivity contribution in [2.24, 2.45) is 10.9 Å². The Labute approximate surface area is 186 Å². The first-order chi connectivity index (χ1) is 15.2. The predicted octanol–water partition coefficient (Wildman–Crippen LogP) is 2.22. The average molecular weight is 431 g/mol. The Hall–Kier alpha value is -2.12. The zero-order valence-electron chi connectivity index (χ0n) is 18.9. The van der Waals surface area contributed by atoms with Crippen molar-refractivity contribution >= 4 is 11.9 Å². The minimum absolute atomic E-state index is 0.249. The lowest BCUT2D eigenvalue weighted by Crippen LogP contribution is -2.38. The van der Waals surface area contributed by atoms with Gasteiger partial charge >= 0.3 is 0 Å². The summed E-state index contributed by atoms with van der Waals surface area (Å²) in [5.74, 6) is 1.36. The first kappa shape index (κ1) is 23.5. The molecule has 1 aromatic carbocycles. The minimum atomic E-state index is 0.249. The van der Waals surface area contributed by atoms with Crippen molar-refractivity contribution in [3.05, 3.63) is 35.9 Å². The van der Waals surface area contributed by atoms with Crippen LogP contribution >= 0.6 is 0 Å². The number of aliphatic imine (C=N–C) groups is 1. The smallest absolute Gasteiger partial charge is 0.223 e. The summed E-state index contributed by atoms with van der Waals surface area (Å²) in [6.45, 7) is 8.34. The van der Waals surface area contributed by atoms with E-state index in [2.05, 4.69) is 29.7 Å². The number of guanidine groups is 1. The number of carbonyl (C=O) groups is 1. The molecule has 1 amide bonds. The molecule has 7 heteroatoms. The second-order valence-corrected chi connectivity index (χ2v) is 8.33. The highest BCUT2D eigenvalue weighted by molar-refractivity contribution is 5.80. The highest BCUT2D eigenvalue weighted by atomic mass is 16.5. The van der Waals surface area contributed by atoms with Gasteiger partial charge in [-0.3, -0.25) is 9.79 Å². The normalized spacial score (nSPS) is 20.3. The average Bonchev–Trinajstić information content (AvgIpc) is 3.16. The number of nitrogens with zero attached hydrogens (tertiary/aromatic N) is 2. The van der Waals surface area contributed by atoms with Crippen LogP contribution in [0.25, 0.3) is 0 Å². The van der Waals surface area contributed by atoms with Crippen molar-refractivity contribution < 1.29 is 14.3 Å². The van der Waals surface area contributed by atoms with Gasteiger partial charge < -0.3 is 25.0 Å². The molecule has 0 aliphatic carbocycles. The molecule has 2 aliphatic rings. The number of nitrogens with one attached hydrogen (secondary N) is 2. The molecule has 0 radical (unpaired) electrons. The van der Waals surface area contributed by atoms with Crippen LogP contribution in [0.5, 0.6) is 0 Å². The third-order valence-electron chi connectivity index (χ3n) is 5.80. The molecule has 1 aromatic rings. The van der Waals surface area contributed by atoms with Crippen molar-refractivity contribution in [3.8, 4) is 0 Å². The maximum atomic E-state index is 12.4. The highest BCUT2D eigenvalue weighted by Crippen LogP contribution is 2.18. The Bertz CT molecular complexity index is 677. The maximum absolute atomic E-state index is 12.4. The lowest BCUT2D eigenvalue weighted by Gasteiger charge is -2.22. The maximum Gasteiger partial charge on any atom is 0.223 e. The van der Waals surface area contributed by atoms with E-state index in [0.717, 1.165) is 77.6 Å². The van der Waals surface area contributed by atoms with Crippen molar-refractivity contribution in [2.45, 2.75) is 45.1 Å². The second kappa shape index (κ2) is 13.3. The molecular weight excluding hydrogens is 392 g/mol. The van der Waals surface area contributed by atoms with Gasteiger partial charge in [-0.05, 0) is 38.2 Å². The number of carbonyl (C=O) groups excluding carboxylic acids is 1. The number of ether oxygens (including phenoxy) is 2. The Kier molecular flexibility index (Phi) is 10.1. The van der Waals surface area contributed by atoms with Crippen LogP contribution in [0, 0.1) is 5.92 Å². The fourth-order valence-electron chi connectivity index (χ4n) is 4.03. The van der Waals surface area contributed by atoms with E-state index in [1.807, 2.05) is 23.1 Å². The number of hydrogen-bond acceptors (Lipinski definition) is 4. The van der Waals surface area contributed by atoms with Gasteiger partial charge in [-0.1, -0.05) is 30.3 Å². The van der Waals surface area contributed by atoms with Crippen LogP contribution < -0.4 is 10.6 Å². The van der Waals surface area contributed by atoms with E-state index in [4.69, 9.17) is 14.5 Å². The van der Waals surface area contributed by atoms with Gasteiger partial charge in [-0.2, -0.15) is 0 Å². The molecule has 3 rings (SSSR count). The summed E-state index contributed by atoms with van der Waals surface area (Å²) in [6, 6.07) is 10.3. The molecule has 1 unspecified atom stereocenters. The number of rotatable bonds is 11. The Morgan fingerprint density at radius 1 is 1.23 bits per heavy atom. The van der Waals surface area contributed by atoms with Gasteiger partial charge in [-0.15, -0.1) is 0 Å². The third kappa shape index (κ3) is 8.50. The molecule has 2 N–H and O–H groups in total. The van der Waals surface area contributed by atoms with Gasteiger partial charge in [0.15, 0.2) is 5.96 Å². The summed E-state index contributed by atoms with van der Waals surface area (Å²) in [5, 5.41) is 6.69. The second-order valence-electron chi connectivity index (χ2n) is 8.33. The molecule has 172 valence electrons. The SMILES string of the molecule is CCNC(=NCC1CC(=O)N(CCc2ccccc2)C1)NCCCOC1CCOCC1. The van der Waals surface area contributed by atoms with E-state index < -0.39 is 0 Å². The summed E-state index contributed by atoms with van der Waals surface area (Å²) in [7, 11) is 0. The first-order valence-corrected chi connectivity index (χ1v) is 11.8. The van der Waals surface area contributed by atoms with E-state index >= 15 is 0 Å². The van der Waals surface area contributed by atoms with E-state index in [9.17, 15) is 4.79 Å². The van der Waals surface area contributed by atoms with Crippen LogP contribution in [0.4, 0.5) is 0 Å². The largest absolute Gasteiger partial charge is 0.381 e. The monoisotopic (exact) mass is 430 g/mol. The van der Waals surface area contributed by atoms with Gasteiger partial charge in [0.2, 0.25) is 5.91 Å². The van der Waals surface area contributed by atoms with Gasteiger partial charge in [-0.25, -0.2) is 0 Å². The molecular formula is C24H38N4O3. The van der Waals surface area contributed by atoms with Gasteiger partial charge in [0, 0.05) is 64.9 Å². The summed E-state index contributed by atoms with van der Waals surface area (Å²) < 4.78 is 11.3. The van der Waals surface area contributed by atoms with Crippen LogP contribution in [0.3, 0.4) is 0 Å². The van der Waals surface area contributed by atoms with Crippen molar-refractivity contribution in [1.29, 1.82) is 0 Å². The minimum Gasteiger partial charge on any atom is -0.381 e. The van der Waals surface area contributed by atoms with Gasteiger partial charge in [0.05, 0.1) is 6.10 Å². The van der Waals surface area contributed by atoms with Crippen LogP contribution in [0.2, 0.25) is 0 Å². The molecule has 0 saturated carbocycles. The molecule has 2 heterocycles. The Balaban J connectivity index is 1.34. The van der Waals surface area contributed by atoms with Crippen LogP contribution in [-0.2, 0) is 20.7 Å². The van der Waals surface area contributed by atoms with Crippen molar-refractivity contribution in [2.75, 3.05) is 52.5 Å². The van der Waals surface area contributed by atoms with Crippen molar-refractivity contribution in [1.82, 2.24) is 15.5 Å². The molecule has 2 saturated heterocycles. The third-order valence-corrected chi connectivity index (χ3v) is 5.80. The predicted molar refractivity (Wildman–Crippen MR) is 123 cm³/mol. The molecule has 0 spiro atoms. The number of likely N-dealkylation sites (tertiary alicyclic amines) is 1.